The molecule has 0 saturated heterocycles. The minimum atomic E-state index is -3.54. The molecule has 0 fully saturated rings. The van der Waals surface area contributed by atoms with Gasteiger partial charge >= 0.3 is 0 Å². The van der Waals surface area contributed by atoms with Gasteiger partial charge < -0.3 is 11.1 Å². The third-order valence-corrected chi connectivity index (χ3v) is 8.32. The summed E-state index contributed by atoms with van der Waals surface area (Å²) in [7, 11) is 2.99. The zero-order valence-corrected chi connectivity index (χ0v) is 20.5. The van der Waals surface area contributed by atoms with Crippen LogP contribution < -0.4 is 16.5 Å². The number of aromatic nitrogens is 4. The number of hydrogen-bond acceptors (Lipinski definition) is 8. The summed E-state index contributed by atoms with van der Waals surface area (Å²) in [6.07, 6.45) is 6.01. The fourth-order valence-corrected chi connectivity index (χ4v) is 5.83. The van der Waals surface area contributed by atoms with Gasteiger partial charge in [-0.2, -0.15) is 5.10 Å². The van der Waals surface area contributed by atoms with E-state index in [0.29, 0.717) is 40.5 Å². The number of nitrogens with one attached hydrogen (secondary N) is 1. The molecule has 3 N–H and O–H groups in total. The van der Waals surface area contributed by atoms with Crippen LogP contribution in [0.3, 0.4) is 0 Å². The van der Waals surface area contributed by atoms with Crippen LogP contribution in [-0.4, -0.2) is 59.7 Å². The normalized spacial score (nSPS) is 12.5. The first-order valence-electron chi connectivity index (χ1n) is 9.82. The number of hydrogen-bond donors (Lipinski definition) is 2. The van der Waals surface area contributed by atoms with Crippen molar-refractivity contribution in [1.82, 2.24) is 23.6 Å². The molecular weight excluding hydrogens is 448 g/mol. The summed E-state index contributed by atoms with van der Waals surface area (Å²) in [4.78, 5) is 9.11. The quantitative estimate of drug-likeness (QED) is 0.508. The van der Waals surface area contributed by atoms with E-state index in [9.17, 15) is 8.42 Å². The number of aryl methyl sites for hydroxylation is 2. The van der Waals surface area contributed by atoms with Crippen LogP contribution in [0.25, 0.3) is 5.70 Å². The highest BCUT2D eigenvalue weighted by Crippen LogP contribution is 2.33. The molecular formula is C20H28N8O2S2. The van der Waals surface area contributed by atoms with Gasteiger partial charge in [0, 0.05) is 52.6 Å². The van der Waals surface area contributed by atoms with E-state index in [2.05, 4.69) is 27.0 Å². The molecule has 0 radical (unpaired) electrons. The van der Waals surface area contributed by atoms with Gasteiger partial charge in [-0.25, -0.2) is 17.7 Å². The van der Waals surface area contributed by atoms with Crippen LogP contribution in [0, 0.1) is 6.92 Å². The minimum Gasteiger partial charge on any atom is -0.330 e. The topological polar surface area (TPSA) is 123 Å². The molecule has 172 valence electrons. The molecule has 3 aromatic rings. The molecule has 0 spiro atoms. The minimum absolute atomic E-state index is 0.283. The molecule has 0 unspecified atom stereocenters. The second-order valence-corrected chi connectivity index (χ2v) is 10.8. The van der Waals surface area contributed by atoms with Crippen molar-refractivity contribution in [3.63, 3.8) is 0 Å². The molecule has 0 aliphatic rings. The monoisotopic (exact) mass is 476 g/mol. The second-order valence-electron chi connectivity index (χ2n) is 7.38. The SMILES string of the molecule is C=C(c1cnn(C)c1)n1cc(CCN)nc(Nc2cc(C)c(S(=O)(=O)N(C)C)s2)c1=NC. The van der Waals surface area contributed by atoms with Crippen LogP contribution >= 0.6 is 11.3 Å². The summed E-state index contributed by atoms with van der Waals surface area (Å²) < 4.78 is 30.3. The third kappa shape index (κ3) is 4.67. The summed E-state index contributed by atoms with van der Waals surface area (Å²) in [5.74, 6) is 0.485. The molecule has 3 rings (SSSR count). The largest absolute Gasteiger partial charge is 0.330 e. The van der Waals surface area contributed by atoms with Crippen LogP contribution in [0.4, 0.5) is 10.8 Å². The van der Waals surface area contributed by atoms with Gasteiger partial charge in [-0.05, 0) is 25.1 Å². The van der Waals surface area contributed by atoms with E-state index in [1.54, 1.807) is 30.9 Å². The molecule has 0 saturated carbocycles. The molecule has 0 aromatic carbocycles. The lowest BCUT2D eigenvalue weighted by Gasteiger charge is -2.15. The molecule has 32 heavy (non-hydrogen) atoms. The van der Waals surface area contributed by atoms with Gasteiger partial charge in [0.25, 0.3) is 10.0 Å². The lowest BCUT2D eigenvalue weighted by atomic mass is 10.2. The summed E-state index contributed by atoms with van der Waals surface area (Å²) in [5.41, 5.74) is 9.25. The number of sulfonamides is 1. The van der Waals surface area contributed by atoms with E-state index >= 15 is 0 Å². The summed E-state index contributed by atoms with van der Waals surface area (Å²) >= 11 is 1.15. The number of nitrogens with zero attached hydrogens (tertiary/aromatic N) is 6. The molecule has 0 atom stereocenters. The Balaban J connectivity index is 2.11. The van der Waals surface area contributed by atoms with E-state index in [1.165, 1.54) is 18.4 Å². The first kappa shape index (κ1) is 23.9. The van der Waals surface area contributed by atoms with Gasteiger partial charge in [0.2, 0.25) is 0 Å². The second kappa shape index (κ2) is 9.36. The Morgan fingerprint density at radius 2 is 2.09 bits per heavy atom. The average Bonchev–Trinajstić information content (AvgIpc) is 3.33. The average molecular weight is 477 g/mol. The zero-order valence-electron chi connectivity index (χ0n) is 18.8. The maximum absolute atomic E-state index is 12.6. The van der Waals surface area contributed by atoms with E-state index < -0.39 is 10.0 Å². The third-order valence-electron chi connectivity index (χ3n) is 4.74. The van der Waals surface area contributed by atoms with Gasteiger partial charge in [0.15, 0.2) is 11.3 Å². The highest BCUT2D eigenvalue weighted by Gasteiger charge is 2.23. The number of anilines is 2. The Kier molecular flexibility index (Phi) is 6.98. The molecule has 0 aliphatic heterocycles. The highest BCUT2D eigenvalue weighted by atomic mass is 32.2. The standard InChI is InChI=1S/C20H28N8O2S2/c1-13-9-17(31-20(13)32(29,30)26(4)5)25-18-19(22-3)28(12-16(24-18)7-8-21)14(2)15-10-23-27(6)11-15/h9-12H,2,7-8,21H2,1,3-6H3,(H,24,25). The molecule has 0 bridgehead atoms. The predicted octanol–water partition coefficient (Wildman–Crippen LogP) is 1.53. The fraction of sp³-hybridized carbons (Fsp3) is 0.350. The highest BCUT2D eigenvalue weighted by molar-refractivity contribution is 7.91. The van der Waals surface area contributed by atoms with Crippen molar-refractivity contribution in [2.45, 2.75) is 17.6 Å². The number of nitrogens with two attached hydrogens (primary N) is 1. The lowest BCUT2D eigenvalue weighted by molar-refractivity contribution is 0.522. The van der Waals surface area contributed by atoms with E-state index in [-0.39, 0.29) is 4.21 Å². The summed E-state index contributed by atoms with van der Waals surface area (Å²) in [6, 6.07) is 1.79. The molecule has 12 heteroatoms. The molecule has 0 aliphatic carbocycles. The summed E-state index contributed by atoms with van der Waals surface area (Å²) in [6.45, 7) is 6.42. The van der Waals surface area contributed by atoms with Crippen molar-refractivity contribution < 1.29 is 8.42 Å². The Hall–Kier alpha value is -2.80. The number of rotatable bonds is 8. The van der Waals surface area contributed by atoms with Gasteiger partial charge in [0.05, 0.1) is 22.6 Å². The van der Waals surface area contributed by atoms with Gasteiger partial charge in [-0.1, -0.05) is 6.58 Å². The van der Waals surface area contributed by atoms with Crippen molar-refractivity contribution in [1.29, 1.82) is 0 Å². The van der Waals surface area contributed by atoms with Crippen LogP contribution in [0.1, 0.15) is 16.8 Å². The zero-order chi connectivity index (χ0) is 23.6. The molecule has 3 aromatic heterocycles. The van der Waals surface area contributed by atoms with Crippen molar-refractivity contribution in [2.24, 2.45) is 17.8 Å². The van der Waals surface area contributed by atoms with Gasteiger partial charge in [-0.15, -0.1) is 11.3 Å². The molecule has 0 amide bonds. The Labute approximate surface area is 191 Å². The van der Waals surface area contributed by atoms with Gasteiger partial charge in [0.1, 0.15) is 4.21 Å². The van der Waals surface area contributed by atoms with E-state index in [1.807, 2.05) is 24.0 Å². The number of thiophene rings is 1. The predicted molar refractivity (Wildman–Crippen MR) is 127 cm³/mol. The van der Waals surface area contributed by atoms with Gasteiger partial charge in [-0.3, -0.25) is 14.2 Å². The van der Waals surface area contributed by atoms with Crippen molar-refractivity contribution >= 4 is 37.9 Å². The van der Waals surface area contributed by atoms with Crippen molar-refractivity contribution in [3.8, 4) is 0 Å². The molecule has 3 heterocycles. The maximum atomic E-state index is 12.6. The smallest absolute Gasteiger partial charge is 0.252 e. The van der Waals surface area contributed by atoms with Crippen LogP contribution in [-0.2, 0) is 23.5 Å². The first-order chi connectivity index (χ1) is 15.1. The Bertz CT molecular complexity index is 1320. The van der Waals surface area contributed by atoms with Crippen LogP contribution in [0.2, 0.25) is 0 Å². The van der Waals surface area contributed by atoms with Crippen LogP contribution in [0.5, 0.6) is 0 Å². The van der Waals surface area contributed by atoms with Crippen LogP contribution in [0.15, 0.2) is 40.4 Å². The van der Waals surface area contributed by atoms with Crippen molar-refractivity contribution in [2.75, 3.05) is 33.0 Å². The lowest BCUT2D eigenvalue weighted by Crippen LogP contribution is -2.26. The summed E-state index contributed by atoms with van der Waals surface area (Å²) in [5, 5.41) is 8.11. The fourth-order valence-electron chi connectivity index (χ4n) is 3.09. The molecule has 10 nitrogen and oxygen atoms in total. The van der Waals surface area contributed by atoms with E-state index in [0.717, 1.165) is 22.6 Å². The Morgan fingerprint density at radius 1 is 1.38 bits per heavy atom. The maximum Gasteiger partial charge on any atom is 0.252 e. The van der Waals surface area contributed by atoms with Crippen molar-refractivity contribution in [3.05, 3.63) is 53.5 Å². The first-order valence-corrected chi connectivity index (χ1v) is 12.1. The Morgan fingerprint density at radius 3 is 2.66 bits per heavy atom. The van der Waals surface area contributed by atoms with E-state index in [4.69, 9.17) is 5.73 Å².